The van der Waals surface area contributed by atoms with E-state index in [-0.39, 0.29) is 0 Å². The molecule has 0 radical (unpaired) electrons. The molecule has 45 heavy (non-hydrogen) atoms. The van der Waals surface area contributed by atoms with Gasteiger partial charge in [-0.3, -0.25) is 0 Å². The Balaban J connectivity index is 1.41. The molecule has 1 aromatic heterocycles. The van der Waals surface area contributed by atoms with Gasteiger partial charge in [-0.15, -0.1) is 0 Å². The van der Waals surface area contributed by atoms with Gasteiger partial charge in [-0.25, -0.2) is 15.0 Å². The van der Waals surface area contributed by atoms with Crippen LogP contribution in [0.4, 0.5) is 0 Å². The van der Waals surface area contributed by atoms with Crippen molar-refractivity contribution >= 4 is 23.3 Å². The van der Waals surface area contributed by atoms with E-state index < -0.39 is 0 Å². The quantitative estimate of drug-likeness (QED) is 0.159. The van der Waals surface area contributed by atoms with Gasteiger partial charge < -0.3 is 0 Å². The molecule has 0 spiro atoms. The molecule has 1 aliphatic carbocycles. The Bertz CT molecular complexity index is 1810. The Labute approximate surface area is 270 Å². The average Bonchev–Trinajstić information content (AvgIpc) is 3.28. The third-order valence-electron chi connectivity index (χ3n) is 10.4. The maximum atomic E-state index is 5.08. The highest BCUT2D eigenvalue weighted by Crippen LogP contribution is 2.52. The predicted molar refractivity (Wildman–Crippen MR) is 194 cm³/mol. The molecule has 3 nitrogen and oxygen atoms in total. The van der Waals surface area contributed by atoms with Gasteiger partial charge >= 0.3 is 0 Å². The third-order valence-corrected chi connectivity index (χ3v) is 10.4. The number of hydrogen-bond acceptors (Lipinski definition) is 3. The van der Waals surface area contributed by atoms with Crippen molar-refractivity contribution in [3.63, 3.8) is 0 Å². The normalized spacial score (nSPS) is 17.6. The van der Waals surface area contributed by atoms with Crippen LogP contribution in [0.15, 0.2) is 109 Å². The van der Waals surface area contributed by atoms with Crippen molar-refractivity contribution in [3.05, 3.63) is 120 Å². The maximum absolute atomic E-state index is 5.08. The standard InChI is InChI=1S/C41H44BN3/c1-8-29(9-2)30-16-20-32(21-17-30)37-43-38(33-22-18-31(19-23-33)34-13-10-12-28(3)24-34)45-39(44-37)35-14-11-15-36(25-35)42-26-40(4,5)41(6,7)27-42/h8-9,11,13-25H,1,10,12,26-27H2,2-7H3/b29-9+. The van der Waals surface area contributed by atoms with Crippen molar-refractivity contribution < 1.29 is 0 Å². The summed E-state index contributed by atoms with van der Waals surface area (Å²) in [4.78, 5) is 15.2. The zero-order valence-corrected chi connectivity index (χ0v) is 27.7. The summed E-state index contributed by atoms with van der Waals surface area (Å²) in [5.74, 6) is 2.06. The number of allylic oxidation sites excluding steroid dienone is 7. The summed E-state index contributed by atoms with van der Waals surface area (Å²) in [6.45, 7) is 18.4. The van der Waals surface area contributed by atoms with E-state index in [1.165, 1.54) is 34.8 Å². The molecule has 6 rings (SSSR count). The molecular weight excluding hydrogens is 545 g/mol. The van der Waals surface area contributed by atoms with Crippen LogP contribution in [-0.2, 0) is 0 Å². The van der Waals surface area contributed by atoms with E-state index in [9.17, 15) is 0 Å². The lowest BCUT2D eigenvalue weighted by Gasteiger charge is -2.35. The molecule has 0 atom stereocenters. The van der Waals surface area contributed by atoms with Crippen molar-refractivity contribution in [2.45, 2.75) is 67.0 Å². The topological polar surface area (TPSA) is 38.7 Å². The molecule has 0 N–H and O–H groups in total. The summed E-state index contributed by atoms with van der Waals surface area (Å²) in [6.07, 6.45) is 13.2. The monoisotopic (exact) mass is 589 g/mol. The van der Waals surface area contributed by atoms with Crippen molar-refractivity contribution in [3.8, 4) is 34.2 Å². The number of benzene rings is 3. The number of nitrogens with zero attached hydrogens (tertiary/aromatic N) is 3. The van der Waals surface area contributed by atoms with Gasteiger partial charge in [0.1, 0.15) is 0 Å². The number of hydrogen-bond donors (Lipinski definition) is 0. The molecule has 1 fully saturated rings. The second-order valence-corrected chi connectivity index (χ2v) is 14.1. The van der Waals surface area contributed by atoms with Crippen LogP contribution in [0.25, 0.3) is 45.3 Å². The lowest BCUT2D eigenvalue weighted by Crippen LogP contribution is -2.27. The summed E-state index contributed by atoms with van der Waals surface area (Å²) in [5.41, 5.74) is 11.1. The molecule has 2 aliphatic rings. The van der Waals surface area contributed by atoms with Gasteiger partial charge in [-0.2, -0.15) is 0 Å². The molecule has 0 unspecified atom stereocenters. The van der Waals surface area contributed by atoms with Crippen LogP contribution in [0.2, 0.25) is 12.6 Å². The largest absolute Gasteiger partial charge is 0.208 e. The highest BCUT2D eigenvalue weighted by atomic mass is 15.0. The molecule has 1 saturated heterocycles. The van der Waals surface area contributed by atoms with Crippen LogP contribution < -0.4 is 5.46 Å². The Morgan fingerprint density at radius 2 is 1.31 bits per heavy atom. The van der Waals surface area contributed by atoms with Crippen LogP contribution in [0.1, 0.15) is 65.5 Å². The van der Waals surface area contributed by atoms with Crippen LogP contribution >= 0.6 is 0 Å². The summed E-state index contributed by atoms with van der Waals surface area (Å²) in [5, 5.41) is 0. The molecule has 0 saturated carbocycles. The van der Waals surface area contributed by atoms with Gasteiger partial charge in [-0.1, -0.05) is 155 Å². The highest BCUT2D eigenvalue weighted by Gasteiger charge is 2.48. The van der Waals surface area contributed by atoms with E-state index in [0.717, 1.165) is 40.7 Å². The fraction of sp³-hybridized carbons (Fsp3) is 0.293. The molecule has 0 amide bonds. The summed E-state index contributed by atoms with van der Waals surface area (Å²) in [7, 11) is 0. The Hall–Kier alpha value is -4.31. The van der Waals surface area contributed by atoms with Crippen molar-refractivity contribution in [1.29, 1.82) is 0 Å². The van der Waals surface area contributed by atoms with Crippen LogP contribution in [0.3, 0.4) is 0 Å². The molecule has 0 bridgehead atoms. The van der Waals surface area contributed by atoms with E-state index in [0.29, 0.717) is 35.0 Å². The zero-order chi connectivity index (χ0) is 31.8. The SMILES string of the molecule is C=C/C(=C\C)c1ccc(-c2nc(-c3ccc(C4=CCCC(C)=C4)cc3)nc(-c3cccc(B4CC(C)(C)C(C)(C)C4)c3)n2)cc1. The Morgan fingerprint density at radius 3 is 1.87 bits per heavy atom. The van der Waals surface area contributed by atoms with Gasteiger partial charge in [-0.05, 0) is 59.8 Å². The smallest absolute Gasteiger partial charge is 0.177 e. The number of rotatable bonds is 7. The second-order valence-electron chi connectivity index (χ2n) is 14.1. The van der Waals surface area contributed by atoms with E-state index in [2.05, 4.69) is 132 Å². The number of aromatic nitrogens is 3. The first-order valence-corrected chi connectivity index (χ1v) is 16.3. The molecule has 2 heterocycles. The van der Waals surface area contributed by atoms with E-state index >= 15 is 0 Å². The molecule has 4 heteroatoms. The molecule has 3 aromatic carbocycles. The zero-order valence-electron chi connectivity index (χ0n) is 27.7. The second kappa shape index (κ2) is 12.2. The van der Waals surface area contributed by atoms with Crippen LogP contribution in [0, 0.1) is 10.8 Å². The fourth-order valence-corrected chi connectivity index (χ4v) is 6.87. The summed E-state index contributed by atoms with van der Waals surface area (Å²) in [6, 6.07) is 26.0. The highest BCUT2D eigenvalue weighted by molar-refractivity contribution is 6.74. The minimum absolute atomic E-state index is 0.292. The Morgan fingerprint density at radius 1 is 0.756 bits per heavy atom. The first kappa shape index (κ1) is 30.7. The van der Waals surface area contributed by atoms with E-state index in [1.807, 2.05) is 13.0 Å². The molecular formula is C41H44BN3. The summed E-state index contributed by atoms with van der Waals surface area (Å²) >= 11 is 0. The Kier molecular flexibility index (Phi) is 8.35. The van der Waals surface area contributed by atoms with Crippen LogP contribution in [0.5, 0.6) is 0 Å². The predicted octanol–water partition coefficient (Wildman–Crippen LogP) is 10.4. The van der Waals surface area contributed by atoms with Gasteiger partial charge in [0.15, 0.2) is 24.2 Å². The third kappa shape index (κ3) is 6.29. The lowest BCUT2D eigenvalue weighted by atomic mass is 9.42. The van der Waals surface area contributed by atoms with E-state index in [4.69, 9.17) is 15.0 Å². The first-order chi connectivity index (χ1) is 21.6. The lowest BCUT2D eigenvalue weighted by molar-refractivity contribution is 0.177. The van der Waals surface area contributed by atoms with Crippen LogP contribution in [-0.4, -0.2) is 21.7 Å². The van der Waals surface area contributed by atoms with Gasteiger partial charge in [0.2, 0.25) is 0 Å². The summed E-state index contributed by atoms with van der Waals surface area (Å²) < 4.78 is 0. The maximum Gasteiger partial charge on any atom is 0.177 e. The van der Waals surface area contributed by atoms with Crippen molar-refractivity contribution in [1.82, 2.24) is 15.0 Å². The first-order valence-electron chi connectivity index (χ1n) is 16.3. The molecule has 226 valence electrons. The fourth-order valence-electron chi connectivity index (χ4n) is 6.87. The molecule has 4 aromatic rings. The van der Waals surface area contributed by atoms with Gasteiger partial charge in [0.05, 0.1) is 0 Å². The minimum atomic E-state index is 0.292. The van der Waals surface area contributed by atoms with Crippen molar-refractivity contribution in [2.75, 3.05) is 0 Å². The van der Waals surface area contributed by atoms with Crippen molar-refractivity contribution in [2.24, 2.45) is 10.8 Å². The van der Waals surface area contributed by atoms with Gasteiger partial charge in [0, 0.05) is 16.7 Å². The minimum Gasteiger partial charge on any atom is -0.208 e. The molecule has 1 aliphatic heterocycles. The van der Waals surface area contributed by atoms with E-state index in [1.54, 1.807) is 0 Å². The average molecular weight is 590 g/mol. The van der Waals surface area contributed by atoms with Gasteiger partial charge in [0.25, 0.3) is 0 Å².